The number of ether oxygens (including phenoxy) is 2. The molecule has 0 amide bonds. The van der Waals surface area contributed by atoms with Crippen LogP contribution in [0.25, 0.3) is 0 Å². The molecule has 2 atom stereocenters. The van der Waals surface area contributed by atoms with E-state index in [2.05, 4.69) is 27.4 Å². The lowest BCUT2D eigenvalue weighted by Gasteiger charge is -2.30. The molecular weight excluding hydrogens is 328 g/mol. The summed E-state index contributed by atoms with van der Waals surface area (Å²) < 4.78 is 11.3. The Labute approximate surface area is 158 Å². The van der Waals surface area contributed by atoms with Crippen molar-refractivity contribution in [2.24, 2.45) is 10.9 Å². The summed E-state index contributed by atoms with van der Waals surface area (Å²) in [5.74, 6) is 3.13. The van der Waals surface area contributed by atoms with Crippen molar-refractivity contribution >= 4 is 5.96 Å². The fourth-order valence-electron chi connectivity index (χ4n) is 3.26. The molecule has 1 aliphatic rings. The van der Waals surface area contributed by atoms with E-state index in [1.54, 1.807) is 14.2 Å². The molecule has 6 heteroatoms. The number of methoxy groups -OCH3 is 1. The quantitative estimate of drug-likeness (QED) is 0.549. The predicted octanol–water partition coefficient (Wildman–Crippen LogP) is 2.36. The van der Waals surface area contributed by atoms with Crippen molar-refractivity contribution in [3.8, 4) is 11.5 Å². The second-order valence-corrected chi connectivity index (χ2v) is 7.01. The largest absolute Gasteiger partial charge is 0.493 e. The van der Waals surface area contributed by atoms with Gasteiger partial charge in [-0.15, -0.1) is 0 Å². The average molecular weight is 363 g/mol. The number of para-hydroxylation sites is 2. The fourth-order valence-corrected chi connectivity index (χ4v) is 3.26. The van der Waals surface area contributed by atoms with Crippen molar-refractivity contribution in [1.82, 2.24) is 15.5 Å². The van der Waals surface area contributed by atoms with Crippen LogP contribution in [0.4, 0.5) is 0 Å². The molecule has 6 nitrogen and oxygen atoms in total. The lowest BCUT2D eigenvalue weighted by molar-refractivity contribution is 0.186. The van der Waals surface area contributed by atoms with Gasteiger partial charge in [-0.05, 0) is 44.4 Å². The molecule has 0 spiro atoms. The number of aliphatic imine (C=N–C) groups is 1. The van der Waals surface area contributed by atoms with Crippen LogP contribution in [0.1, 0.15) is 26.7 Å². The number of nitrogens with one attached hydrogen (secondary N) is 2. The number of nitrogens with zero attached hydrogens (tertiary/aromatic N) is 2. The molecule has 0 aromatic heterocycles. The standard InChI is InChI=1S/C20H34N4O2/c1-16-8-7-12-24(15-16)13-11-22-20(21-3)23-14-17(2)26-19-10-6-5-9-18(19)25-4/h5-6,9-10,16-17H,7-8,11-15H2,1-4H3,(H2,21,22,23). The fraction of sp³-hybridized carbons (Fsp3) is 0.650. The lowest BCUT2D eigenvalue weighted by atomic mass is 10.0. The molecule has 0 saturated carbocycles. The third kappa shape index (κ3) is 6.75. The first-order valence-electron chi connectivity index (χ1n) is 9.59. The second-order valence-electron chi connectivity index (χ2n) is 7.01. The number of hydrogen-bond donors (Lipinski definition) is 2. The molecule has 2 unspecified atom stereocenters. The summed E-state index contributed by atoms with van der Waals surface area (Å²) in [5, 5.41) is 6.72. The maximum atomic E-state index is 5.96. The Hall–Kier alpha value is -1.95. The van der Waals surface area contributed by atoms with Gasteiger partial charge in [0.1, 0.15) is 6.10 Å². The minimum Gasteiger partial charge on any atom is -0.493 e. The third-order valence-corrected chi connectivity index (χ3v) is 4.64. The van der Waals surface area contributed by atoms with Crippen LogP contribution in [-0.2, 0) is 0 Å². The molecule has 0 aliphatic carbocycles. The van der Waals surface area contributed by atoms with Crippen molar-refractivity contribution in [2.45, 2.75) is 32.8 Å². The Kier molecular flexibility index (Phi) is 8.54. The van der Waals surface area contributed by atoms with Crippen molar-refractivity contribution in [3.63, 3.8) is 0 Å². The Balaban J connectivity index is 1.69. The minimum absolute atomic E-state index is 0.00667. The first-order valence-corrected chi connectivity index (χ1v) is 9.59. The SMILES string of the molecule is CN=C(NCCN1CCCC(C)C1)NCC(C)Oc1ccccc1OC. The van der Waals surface area contributed by atoms with Gasteiger partial charge < -0.3 is 25.0 Å². The van der Waals surface area contributed by atoms with Crippen molar-refractivity contribution in [2.75, 3.05) is 46.9 Å². The summed E-state index contributed by atoms with van der Waals surface area (Å²) in [4.78, 5) is 6.82. The van der Waals surface area contributed by atoms with Crippen LogP contribution in [-0.4, -0.2) is 63.8 Å². The van der Waals surface area contributed by atoms with Crippen molar-refractivity contribution in [3.05, 3.63) is 24.3 Å². The van der Waals surface area contributed by atoms with E-state index in [0.29, 0.717) is 6.54 Å². The van der Waals surface area contributed by atoms with E-state index >= 15 is 0 Å². The van der Waals surface area contributed by atoms with Crippen molar-refractivity contribution < 1.29 is 9.47 Å². The zero-order valence-electron chi connectivity index (χ0n) is 16.6. The Morgan fingerprint density at radius 2 is 2.08 bits per heavy atom. The van der Waals surface area contributed by atoms with Gasteiger partial charge in [-0.25, -0.2) is 0 Å². The van der Waals surface area contributed by atoms with E-state index in [9.17, 15) is 0 Å². The van der Waals surface area contributed by atoms with Crippen LogP contribution in [0.3, 0.4) is 0 Å². The number of hydrogen-bond acceptors (Lipinski definition) is 4. The lowest BCUT2D eigenvalue weighted by Crippen LogP contribution is -2.45. The van der Waals surface area contributed by atoms with E-state index in [4.69, 9.17) is 9.47 Å². The molecule has 1 aromatic carbocycles. The number of benzene rings is 1. The van der Waals surface area contributed by atoms with Gasteiger partial charge in [-0.1, -0.05) is 19.1 Å². The van der Waals surface area contributed by atoms with Crippen molar-refractivity contribution in [1.29, 1.82) is 0 Å². The van der Waals surface area contributed by atoms with Crippen LogP contribution < -0.4 is 20.1 Å². The summed E-state index contributed by atoms with van der Waals surface area (Å²) in [5.41, 5.74) is 0. The number of rotatable bonds is 8. The number of likely N-dealkylation sites (tertiary alicyclic amines) is 1. The van der Waals surface area contributed by atoms with Gasteiger partial charge in [-0.2, -0.15) is 0 Å². The summed E-state index contributed by atoms with van der Waals surface area (Å²) in [6.45, 7) is 9.40. The zero-order valence-corrected chi connectivity index (χ0v) is 16.6. The Morgan fingerprint density at radius 3 is 2.77 bits per heavy atom. The highest BCUT2D eigenvalue weighted by atomic mass is 16.5. The molecule has 2 rings (SSSR count). The smallest absolute Gasteiger partial charge is 0.191 e. The maximum Gasteiger partial charge on any atom is 0.191 e. The molecule has 0 bridgehead atoms. The molecule has 1 fully saturated rings. The second kappa shape index (κ2) is 10.9. The van der Waals surface area contributed by atoms with E-state index in [1.807, 2.05) is 31.2 Å². The van der Waals surface area contributed by atoms with Crippen LogP contribution in [0.5, 0.6) is 11.5 Å². The van der Waals surface area contributed by atoms with Crippen LogP contribution >= 0.6 is 0 Å². The summed E-state index contributed by atoms with van der Waals surface area (Å²) in [6.07, 6.45) is 2.66. The maximum absolute atomic E-state index is 5.96. The van der Waals surface area contributed by atoms with Crippen LogP contribution in [0.15, 0.2) is 29.3 Å². The molecule has 2 N–H and O–H groups in total. The molecule has 1 aliphatic heterocycles. The normalized spacial score (nSPS) is 19.7. The van der Waals surface area contributed by atoms with Crippen LogP contribution in [0, 0.1) is 5.92 Å². The number of piperidine rings is 1. The van der Waals surface area contributed by atoms with Gasteiger partial charge in [0.2, 0.25) is 0 Å². The van der Waals surface area contributed by atoms with Gasteiger partial charge in [0.25, 0.3) is 0 Å². The predicted molar refractivity (Wildman–Crippen MR) is 107 cm³/mol. The van der Waals surface area contributed by atoms with Gasteiger partial charge >= 0.3 is 0 Å². The molecule has 0 radical (unpaired) electrons. The number of guanidine groups is 1. The van der Waals surface area contributed by atoms with Gasteiger partial charge in [0, 0.05) is 26.7 Å². The topological polar surface area (TPSA) is 58.1 Å². The summed E-state index contributed by atoms with van der Waals surface area (Å²) >= 11 is 0. The summed E-state index contributed by atoms with van der Waals surface area (Å²) in [7, 11) is 3.45. The van der Waals surface area contributed by atoms with Gasteiger partial charge in [0.15, 0.2) is 17.5 Å². The molecular formula is C20H34N4O2. The average Bonchev–Trinajstić information content (AvgIpc) is 2.65. The van der Waals surface area contributed by atoms with Gasteiger partial charge in [-0.3, -0.25) is 4.99 Å². The van der Waals surface area contributed by atoms with E-state index in [0.717, 1.165) is 36.5 Å². The monoisotopic (exact) mass is 362 g/mol. The Bertz CT molecular complexity index is 564. The highest BCUT2D eigenvalue weighted by molar-refractivity contribution is 5.79. The van der Waals surface area contributed by atoms with E-state index in [1.165, 1.54) is 25.9 Å². The Morgan fingerprint density at radius 1 is 1.31 bits per heavy atom. The molecule has 26 heavy (non-hydrogen) atoms. The first-order chi connectivity index (χ1) is 12.6. The summed E-state index contributed by atoms with van der Waals surface area (Å²) in [6, 6.07) is 7.70. The minimum atomic E-state index is -0.00667. The highest BCUT2D eigenvalue weighted by Gasteiger charge is 2.15. The van der Waals surface area contributed by atoms with E-state index in [-0.39, 0.29) is 6.10 Å². The molecule has 1 saturated heterocycles. The first kappa shape index (κ1) is 20.4. The third-order valence-electron chi connectivity index (χ3n) is 4.64. The van der Waals surface area contributed by atoms with Gasteiger partial charge in [0.05, 0.1) is 13.7 Å². The molecule has 146 valence electrons. The van der Waals surface area contributed by atoms with Crippen LogP contribution in [0.2, 0.25) is 0 Å². The van der Waals surface area contributed by atoms with E-state index < -0.39 is 0 Å². The zero-order chi connectivity index (χ0) is 18.8. The highest BCUT2D eigenvalue weighted by Crippen LogP contribution is 2.26. The molecule has 1 heterocycles. The molecule has 1 aromatic rings.